The first-order chi connectivity index (χ1) is 9.29. The maximum absolute atomic E-state index is 9.46. The van der Waals surface area contributed by atoms with E-state index >= 15 is 0 Å². The van der Waals surface area contributed by atoms with Crippen LogP contribution in [0.4, 0.5) is 0 Å². The van der Waals surface area contributed by atoms with Gasteiger partial charge >= 0.3 is 0 Å². The minimum Gasteiger partial charge on any atom is -0.305 e. The first-order valence-electron chi connectivity index (χ1n) is 5.50. The molecule has 0 N–H and O–H groups in total. The largest absolute Gasteiger partial charge is 0.305 e. The van der Waals surface area contributed by atoms with Crippen LogP contribution in [-0.2, 0) is 0 Å². The number of halogens is 1. The number of benzene rings is 1. The zero-order chi connectivity index (χ0) is 13.2. The molecule has 0 saturated heterocycles. The van der Waals surface area contributed by atoms with E-state index in [4.69, 9.17) is 0 Å². The van der Waals surface area contributed by atoms with Crippen LogP contribution in [0.5, 0.6) is 0 Å². The van der Waals surface area contributed by atoms with Gasteiger partial charge < -0.3 is 9.13 Å². The first kappa shape index (κ1) is 11.7. The molecule has 2 aromatic heterocycles. The number of hydrogen-bond donors (Lipinski definition) is 0. The van der Waals surface area contributed by atoms with Crippen molar-refractivity contribution in [3.8, 4) is 17.4 Å². The van der Waals surface area contributed by atoms with Gasteiger partial charge in [-0.15, -0.1) is 0 Å². The van der Waals surface area contributed by atoms with Gasteiger partial charge in [-0.2, -0.15) is 5.26 Å². The third-order valence-corrected chi connectivity index (χ3v) is 3.20. The molecule has 3 rings (SSSR count). The Balaban J connectivity index is 2.30. The monoisotopic (exact) mass is 313 g/mol. The van der Waals surface area contributed by atoms with Gasteiger partial charge in [0.15, 0.2) is 0 Å². The Morgan fingerprint density at radius 3 is 1.89 bits per heavy atom. The van der Waals surface area contributed by atoms with Crippen molar-refractivity contribution >= 4 is 15.9 Å². The Kier molecular flexibility index (Phi) is 2.89. The van der Waals surface area contributed by atoms with Gasteiger partial charge in [0.05, 0.1) is 24.0 Å². The van der Waals surface area contributed by atoms with Gasteiger partial charge in [-0.25, -0.2) is 9.97 Å². The molecule has 0 spiro atoms. The van der Waals surface area contributed by atoms with Crippen molar-refractivity contribution in [3.63, 3.8) is 0 Å². The maximum atomic E-state index is 9.46. The van der Waals surface area contributed by atoms with E-state index in [0.717, 1.165) is 15.8 Å². The smallest absolute Gasteiger partial charge is 0.104 e. The molecular weight excluding hydrogens is 306 g/mol. The fraction of sp³-hybridized carbons (Fsp3) is 0. The highest BCUT2D eigenvalue weighted by molar-refractivity contribution is 9.10. The summed E-state index contributed by atoms with van der Waals surface area (Å²) in [5, 5.41) is 9.46. The summed E-state index contributed by atoms with van der Waals surface area (Å²) in [7, 11) is 0. The molecule has 5 nitrogen and oxygen atoms in total. The summed E-state index contributed by atoms with van der Waals surface area (Å²) in [6, 6.07) is 6.03. The van der Waals surface area contributed by atoms with Gasteiger partial charge in [0.1, 0.15) is 11.6 Å². The summed E-state index contributed by atoms with van der Waals surface area (Å²) in [5.74, 6) is 0. The fourth-order valence-electron chi connectivity index (χ4n) is 1.90. The average Bonchev–Trinajstić information content (AvgIpc) is 3.11. The molecule has 2 heterocycles. The van der Waals surface area contributed by atoms with Crippen LogP contribution in [0.3, 0.4) is 0 Å². The lowest BCUT2D eigenvalue weighted by Crippen LogP contribution is -2.01. The molecule has 0 unspecified atom stereocenters. The second-order valence-electron chi connectivity index (χ2n) is 3.87. The molecule has 0 aliphatic heterocycles. The molecule has 0 saturated carbocycles. The Labute approximate surface area is 117 Å². The Morgan fingerprint density at radius 2 is 1.53 bits per heavy atom. The van der Waals surface area contributed by atoms with Crippen molar-refractivity contribution in [2.24, 2.45) is 0 Å². The van der Waals surface area contributed by atoms with Gasteiger partial charge in [-0.3, -0.25) is 0 Å². The van der Waals surface area contributed by atoms with E-state index < -0.39 is 0 Å². The lowest BCUT2D eigenvalue weighted by Gasteiger charge is -2.11. The molecule has 92 valence electrons. The minimum absolute atomic E-state index is 0.569. The van der Waals surface area contributed by atoms with Crippen LogP contribution in [-0.4, -0.2) is 19.1 Å². The lowest BCUT2D eigenvalue weighted by atomic mass is 10.1. The van der Waals surface area contributed by atoms with E-state index in [-0.39, 0.29) is 0 Å². The van der Waals surface area contributed by atoms with Crippen LogP contribution in [0.2, 0.25) is 0 Å². The van der Waals surface area contributed by atoms with Crippen LogP contribution in [0.1, 0.15) is 5.56 Å². The van der Waals surface area contributed by atoms with Crippen LogP contribution in [0.15, 0.2) is 54.0 Å². The number of aromatic nitrogens is 4. The van der Waals surface area contributed by atoms with Crippen LogP contribution >= 0.6 is 15.9 Å². The summed E-state index contributed by atoms with van der Waals surface area (Å²) in [6.07, 6.45) is 10.3. The SMILES string of the molecule is N#Cc1c(-n2ccnc2)cc(Br)cc1-n1ccnc1. The van der Waals surface area contributed by atoms with E-state index in [0.29, 0.717) is 5.56 Å². The second-order valence-corrected chi connectivity index (χ2v) is 4.79. The minimum atomic E-state index is 0.569. The number of hydrogen-bond acceptors (Lipinski definition) is 3. The first-order valence-corrected chi connectivity index (χ1v) is 6.29. The van der Waals surface area contributed by atoms with E-state index in [9.17, 15) is 5.26 Å². The molecule has 3 aromatic rings. The highest BCUT2D eigenvalue weighted by atomic mass is 79.9. The van der Waals surface area contributed by atoms with Crippen molar-refractivity contribution < 1.29 is 0 Å². The zero-order valence-corrected chi connectivity index (χ0v) is 11.3. The van der Waals surface area contributed by atoms with Crippen molar-refractivity contribution in [2.75, 3.05) is 0 Å². The second kappa shape index (κ2) is 4.71. The van der Waals surface area contributed by atoms with Crippen molar-refractivity contribution in [2.45, 2.75) is 0 Å². The Hall–Kier alpha value is -2.39. The number of imidazole rings is 2. The van der Waals surface area contributed by atoms with E-state index in [2.05, 4.69) is 32.0 Å². The van der Waals surface area contributed by atoms with Crippen molar-refractivity contribution in [1.29, 1.82) is 5.26 Å². The summed E-state index contributed by atoms with van der Waals surface area (Å²) in [4.78, 5) is 8.03. The predicted molar refractivity (Wildman–Crippen MR) is 73.1 cm³/mol. The molecule has 0 fully saturated rings. The molecule has 1 aromatic carbocycles. The molecule has 0 aliphatic carbocycles. The van der Waals surface area contributed by atoms with Gasteiger partial charge in [0, 0.05) is 29.3 Å². The van der Waals surface area contributed by atoms with Crippen molar-refractivity contribution in [1.82, 2.24) is 19.1 Å². The molecule has 0 aliphatic rings. The fourth-order valence-corrected chi connectivity index (χ4v) is 2.34. The molecule has 6 heteroatoms. The molecular formula is C13H8BrN5. The highest BCUT2D eigenvalue weighted by Gasteiger charge is 2.12. The zero-order valence-electron chi connectivity index (χ0n) is 9.73. The maximum Gasteiger partial charge on any atom is 0.104 e. The third kappa shape index (κ3) is 2.04. The summed E-state index contributed by atoms with van der Waals surface area (Å²) < 4.78 is 4.51. The topological polar surface area (TPSA) is 59.4 Å². The van der Waals surface area contributed by atoms with E-state index in [1.54, 1.807) is 37.4 Å². The quantitative estimate of drug-likeness (QED) is 0.731. The average molecular weight is 314 g/mol. The predicted octanol–water partition coefficient (Wildman–Crippen LogP) is 2.69. The highest BCUT2D eigenvalue weighted by Crippen LogP contribution is 2.26. The molecule has 0 atom stereocenters. The summed E-state index contributed by atoms with van der Waals surface area (Å²) in [6.45, 7) is 0. The molecule has 0 bridgehead atoms. The van der Waals surface area contributed by atoms with Gasteiger partial charge in [-0.05, 0) is 12.1 Å². The van der Waals surface area contributed by atoms with E-state index in [1.807, 2.05) is 21.3 Å². The molecule has 0 amide bonds. The lowest BCUT2D eigenvalue weighted by molar-refractivity contribution is 1.01. The van der Waals surface area contributed by atoms with Crippen molar-refractivity contribution in [3.05, 3.63) is 59.6 Å². The van der Waals surface area contributed by atoms with Gasteiger partial charge in [0.2, 0.25) is 0 Å². The summed E-state index contributed by atoms with van der Waals surface area (Å²) in [5.41, 5.74) is 2.12. The van der Waals surface area contributed by atoms with E-state index in [1.165, 1.54) is 0 Å². The Bertz CT molecular complexity index is 683. The standard InChI is InChI=1S/C13H8BrN5/c14-10-5-12(18-3-1-16-8-18)11(7-15)13(6-10)19-4-2-17-9-19/h1-6,8-9H. The van der Waals surface area contributed by atoms with Crippen LogP contribution < -0.4 is 0 Å². The molecule has 19 heavy (non-hydrogen) atoms. The molecule has 0 radical (unpaired) electrons. The van der Waals surface area contributed by atoms with Crippen LogP contribution in [0.25, 0.3) is 11.4 Å². The number of rotatable bonds is 2. The van der Waals surface area contributed by atoms with Gasteiger partial charge in [0.25, 0.3) is 0 Å². The Morgan fingerprint density at radius 1 is 1.00 bits per heavy atom. The number of nitrogens with zero attached hydrogens (tertiary/aromatic N) is 5. The normalized spacial score (nSPS) is 10.3. The van der Waals surface area contributed by atoms with Crippen LogP contribution in [0, 0.1) is 11.3 Å². The number of nitriles is 1. The van der Waals surface area contributed by atoms with Gasteiger partial charge in [-0.1, -0.05) is 15.9 Å². The summed E-state index contributed by atoms with van der Waals surface area (Å²) >= 11 is 3.47. The third-order valence-electron chi connectivity index (χ3n) is 2.74.